The first-order chi connectivity index (χ1) is 8.97. The van der Waals surface area contributed by atoms with Gasteiger partial charge in [-0.25, -0.2) is 0 Å². The van der Waals surface area contributed by atoms with Crippen molar-refractivity contribution in [2.45, 2.75) is 52.1 Å². The molecular formula is C13H22N4O2. The van der Waals surface area contributed by atoms with Crippen LogP contribution in [-0.4, -0.2) is 27.6 Å². The van der Waals surface area contributed by atoms with Crippen molar-refractivity contribution >= 4 is 11.8 Å². The van der Waals surface area contributed by atoms with Crippen LogP contribution in [0.4, 0.5) is 0 Å². The van der Waals surface area contributed by atoms with Crippen molar-refractivity contribution in [3.8, 4) is 0 Å². The average molecular weight is 266 g/mol. The number of nitrogens with one attached hydrogen (secondary N) is 1. The van der Waals surface area contributed by atoms with Gasteiger partial charge in [-0.3, -0.25) is 14.3 Å². The third-order valence-electron chi connectivity index (χ3n) is 2.89. The monoisotopic (exact) mass is 266 g/mol. The van der Waals surface area contributed by atoms with Crippen LogP contribution in [0, 0.1) is 0 Å². The molecule has 6 heteroatoms. The largest absolute Gasteiger partial charge is 0.368 e. The molecule has 19 heavy (non-hydrogen) atoms. The fourth-order valence-electron chi connectivity index (χ4n) is 1.83. The van der Waals surface area contributed by atoms with Crippen LogP contribution in [0.15, 0.2) is 12.3 Å². The Labute approximate surface area is 113 Å². The Bertz CT molecular complexity index is 440. The first-order valence-electron chi connectivity index (χ1n) is 6.61. The van der Waals surface area contributed by atoms with Crippen LogP contribution in [0.3, 0.4) is 0 Å². The van der Waals surface area contributed by atoms with E-state index in [1.807, 2.05) is 20.8 Å². The lowest BCUT2D eigenvalue weighted by Crippen LogP contribution is -2.45. The molecule has 106 valence electrons. The van der Waals surface area contributed by atoms with Crippen LogP contribution in [0.5, 0.6) is 0 Å². The summed E-state index contributed by atoms with van der Waals surface area (Å²) in [6.07, 6.45) is 3.93. The minimum atomic E-state index is -0.622. The van der Waals surface area contributed by atoms with Crippen molar-refractivity contribution in [3.05, 3.63) is 18.0 Å². The average Bonchev–Trinajstić information content (AvgIpc) is 2.83. The lowest BCUT2D eigenvalue weighted by Gasteiger charge is -2.16. The number of rotatable bonds is 7. The number of hydrogen-bond donors (Lipinski definition) is 2. The summed E-state index contributed by atoms with van der Waals surface area (Å²) in [6.45, 7) is 5.90. The van der Waals surface area contributed by atoms with Crippen molar-refractivity contribution < 1.29 is 9.59 Å². The zero-order valence-electron chi connectivity index (χ0n) is 11.7. The molecule has 0 aliphatic rings. The lowest BCUT2D eigenvalue weighted by molar-refractivity contribution is -0.120. The maximum Gasteiger partial charge on any atom is 0.270 e. The molecule has 1 heterocycles. The second-order valence-corrected chi connectivity index (χ2v) is 4.83. The second-order valence-electron chi connectivity index (χ2n) is 4.83. The number of unbranched alkanes of at least 4 members (excludes halogenated alkanes) is 1. The lowest BCUT2D eigenvalue weighted by atomic mass is 10.1. The molecule has 0 spiro atoms. The van der Waals surface area contributed by atoms with Gasteiger partial charge in [-0.2, -0.15) is 5.10 Å². The number of carbonyl (C=O) groups excluding carboxylic acids is 2. The quantitative estimate of drug-likeness (QED) is 0.778. The number of amides is 2. The van der Waals surface area contributed by atoms with E-state index in [9.17, 15) is 9.59 Å². The molecule has 0 aliphatic heterocycles. The molecule has 0 saturated heterocycles. The van der Waals surface area contributed by atoms with E-state index in [1.54, 1.807) is 16.9 Å². The SMILES string of the molecule is CCCC[C@H](NC(=O)c1ccnn1C(C)C)C(N)=O. The number of nitrogens with zero attached hydrogens (tertiary/aromatic N) is 2. The number of primary amides is 1. The Morgan fingerprint density at radius 3 is 2.68 bits per heavy atom. The van der Waals surface area contributed by atoms with Gasteiger partial charge in [0.1, 0.15) is 11.7 Å². The summed E-state index contributed by atoms with van der Waals surface area (Å²) in [6, 6.07) is 1.09. The zero-order valence-corrected chi connectivity index (χ0v) is 11.7. The van der Waals surface area contributed by atoms with E-state index in [0.717, 1.165) is 12.8 Å². The number of aromatic nitrogens is 2. The molecule has 1 aromatic rings. The fourth-order valence-corrected chi connectivity index (χ4v) is 1.83. The molecule has 0 aliphatic carbocycles. The maximum absolute atomic E-state index is 12.1. The molecule has 0 radical (unpaired) electrons. The Kier molecular flexibility index (Phi) is 5.54. The summed E-state index contributed by atoms with van der Waals surface area (Å²) < 4.78 is 1.62. The minimum Gasteiger partial charge on any atom is -0.368 e. The molecule has 0 aromatic carbocycles. The third kappa shape index (κ3) is 4.08. The van der Waals surface area contributed by atoms with Crippen LogP contribution >= 0.6 is 0 Å². The first kappa shape index (κ1) is 15.2. The smallest absolute Gasteiger partial charge is 0.270 e. The number of hydrogen-bond acceptors (Lipinski definition) is 3. The molecule has 3 N–H and O–H groups in total. The van der Waals surface area contributed by atoms with Gasteiger partial charge in [-0.05, 0) is 26.3 Å². The van der Waals surface area contributed by atoms with Crippen molar-refractivity contribution in [2.24, 2.45) is 5.73 Å². The molecular weight excluding hydrogens is 244 g/mol. The highest BCUT2D eigenvalue weighted by atomic mass is 16.2. The van der Waals surface area contributed by atoms with E-state index in [2.05, 4.69) is 10.4 Å². The molecule has 6 nitrogen and oxygen atoms in total. The van der Waals surface area contributed by atoms with E-state index >= 15 is 0 Å². The van der Waals surface area contributed by atoms with Gasteiger partial charge in [0.15, 0.2) is 0 Å². The Morgan fingerprint density at radius 2 is 2.16 bits per heavy atom. The van der Waals surface area contributed by atoms with Crippen molar-refractivity contribution in [1.29, 1.82) is 0 Å². The molecule has 1 aromatic heterocycles. The third-order valence-corrected chi connectivity index (χ3v) is 2.89. The molecule has 1 rings (SSSR count). The van der Waals surface area contributed by atoms with Gasteiger partial charge in [0.25, 0.3) is 5.91 Å². The van der Waals surface area contributed by atoms with E-state index in [0.29, 0.717) is 12.1 Å². The molecule has 1 atom stereocenters. The highest BCUT2D eigenvalue weighted by Gasteiger charge is 2.21. The molecule has 0 bridgehead atoms. The Hall–Kier alpha value is -1.85. The second kappa shape index (κ2) is 6.92. The van der Waals surface area contributed by atoms with Crippen LogP contribution in [0.2, 0.25) is 0 Å². The van der Waals surface area contributed by atoms with E-state index in [4.69, 9.17) is 5.73 Å². The summed E-state index contributed by atoms with van der Waals surface area (Å²) in [4.78, 5) is 23.4. The predicted octanol–water partition coefficient (Wildman–Crippen LogP) is 1.24. The van der Waals surface area contributed by atoms with Gasteiger partial charge in [-0.15, -0.1) is 0 Å². The van der Waals surface area contributed by atoms with Gasteiger partial charge in [0, 0.05) is 12.2 Å². The van der Waals surface area contributed by atoms with Gasteiger partial charge in [-0.1, -0.05) is 19.8 Å². The normalized spacial score (nSPS) is 12.4. The Morgan fingerprint density at radius 1 is 1.47 bits per heavy atom. The van der Waals surface area contributed by atoms with Gasteiger partial charge >= 0.3 is 0 Å². The number of carbonyl (C=O) groups is 2. The van der Waals surface area contributed by atoms with Crippen LogP contribution in [-0.2, 0) is 4.79 Å². The standard InChI is InChI=1S/C13H22N4O2/c1-4-5-6-10(12(14)18)16-13(19)11-7-8-15-17(11)9(2)3/h7-10H,4-6H2,1-3H3,(H2,14,18)(H,16,19)/t10-/m0/s1. The fraction of sp³-hybridized carbons (Fsp3) is 0.615. The Balaban J connectivity index is 2.76. The molecule has 0 saturated carbocycles. The van der Waals surface area contributed by atoms with E-state index < -0.39 is 11.9 Å². The zero-order chi connectivity index (χ0) is 14.4. The first-order valence-corrected chi connectivity index (χ1v) is 6.61. The van der Waals surface area contributed by atoms with Gasteiger partial charge in [0.2, 0.25) is 5.91 Å². The summed E-state index contributed by atoms with van der Waals surface area (Å²) in [7, 11) is 0. The summed E-state index contributed by atoms with van der Waals surface area (Å²) in [5.74, 6) is -0.816. The minimum absolute atomic E-state index is 0.0819. The van der Waals surface area contributed by atoms with Gasteiger partial charge < -0.3 is 11.1 Å². The predicted molar refractivity (Wildman–Crippen MR) is 72.6 cm³/mol. The van der Waals surface area contributed by atoms with Crippen LogP contribution < -0.4 is 11.1 Å². The van der Waals surface area contributed by atoms with Crippen molar-refractivity contribution in [1.82, 2.24) is 15.1 Å². The maximum atomic E-state index is 12.1. The van der Waals surface area contributed by atoms with Crippen molar-refractivity contribution in [2.75, 3.05) is 0 Å². The summed E-state index contributed by atoms with van der Waals surface area (Å²) in [5, 5.41) is 6.77. The topological polar surface area (TPSA) is 90.0 Å². The molecule has 2 amide bonds. The van der Waals surface area contributed by atoms with Crippen LogP contribution in [0.1, 0.15) is 56.6 Å². The van der Waals surface area contributed by atoms with E-state index in [-0.39, 0.29) is 11.9 Å². The van der Waals surface area contributed by atoms with E-state index in [1.165, 1.54) is 0 Å². The summed E-state index contributed by atoms with van der Waals surface area (Å²) in [5.41, 5.74) is 5.74. The summed E-state index contributed by atoms with van der Waals surface area (Å²) >= 11 is 0. The molecule has 0 unspecified atom stereocenters. The van der Waals surface area contributed by atoms with Crippen LogP contribution in [0.25, 0.3) is 0 Å². The molecule has 0 fully saturated rings. The van der Waals surface area contributed by atoms with Crippen molar-refractivity contribution in [3.63, 3.8) is 0 Å². The highest BCUT2D eigenvalue weighted by molar-refractivity contribution is 5.96. The van der Waals surface area contributed by atoms with Gasteiger partial charge in [0.05, 0.1) is 0 Å². The highest BCUT2D eigenvalue weighted by Crippen LogP contribution is 2.09. The number of nitrogens with two attached hydrogens (primary N) is 1.